The van der Waals surface area contributed by atoms with Crippen LogP contribution >= 0.6 is 0 Å². The highest BCUT2D eigenvalue weighted by molar-refractivity contribution is 5.76. The summed E-state index contributed by atoms with van der Waals surface area (Å²) in [6.07, 6.45) is -2.40. The highest BCUT2D eigenvalue weighted by atomic mass is 19.4. The van der Waals surface area contributed by atoms with Crippen LogP contribution in [0.2, 0.25) is 0 Å². The monoisotopic (exact) mass is 417 g/mol. The normalized spacial score (nSPS) is 12.5. The van der Waals surface area contributed by atoms with Crippen molar-refractivity contribution < 1.29 is 22.5 Å². The van der Waals surface area contributed by atoms with Gasteiger partial charge in [0.05, 0.1) is 5.56 Å². The van der Waals surface area contributed by atoms with Crippen molar-refractivity contribution in [3.63, 3.8) is 0 Å². The van der Waals surface area contributed by atoms with Crippen LogP contribution < -0.4 is 5.32 Å². The summed E-state index contributed by atoms with van der Waals surface area (Å²) in [7, 11) is 0. The molecule has 0 aliphatic carbocycles. The van der Waals surface area contributed by atoms with Crippen molar-refractivity contribution in [1.29, 1.82) is 0 Å². The lowest BCUT2D eigenvalue weighted by Gasteiger charge is -2.13. The van der Waals surface area contributed by atoms with Gasteiger partial charge in [0.25, 0.3) is 0 Å². The van der Waals surface area contributed by atoms with Crippen LogP contribution in [0.4, 0.5) is 13.2 Å². The van der Waals surface area contributed by atoms with Crippen LogP contribution in [-0.2, 0) is 23.8 Å². The largest absolute Gasteiger partial charge is 0.416 e. The average Bonchev–Trinajstić information content (AvgIpc) is 3.20. The molecule has 1 heterocycles. The molecule has 0 bridgehead atoms. The fourth-order valence-corrected chi connectivity index (χ4v) is 2.98. The van der Waals surface area contributed by atoms with E-state index in [2.05, 4.69) is 15.5 Å². The molecule has 0 spiro atoms. The molecule has 3 aromatic rings. The van der Waals surface area contributed by atoms with E-state index in [1.165, 1.54) is 17.7 Å². The van der Waals surface area contributed by atoms with E-state index in [4.69, 9.17) is 4.52 Å². The maximum Gasteiger partial charge on any atom is 0.416 e. The van der Waals surface area contributed by atoms with E-state index < -0.39 is 11.7 Å². The van der Waals surface area contributed by atoms with Gasteiger partial charge in [0, 0.05) is 24.4 Å². The fourth-order valence-electron chi connectivity index (χ4n) is 2.98. The zero-order valence-corrected chi connectivity index (χ0v) is 16.4. The summed E-state index contributed by atoms with van der Waals surface area (Å²) in [6.45, 7) is 1.94. The van der Waals surface area contributed by atoms with E-state index in [1.54, 1.807) is 0 Å². The number of alkyl halides is 3. The van der Waals surface area contributed by atoms with Gasteiger partial charge in [-0.1, -0.05) is 47.6 Å². The van der Waals surface area contributed by atoms with E-state index >= 15 is 0 Å². The molecule has 0 fully saturated rings. The minimum absolute atomic E-state index is 0.0149. The van der Waals surface area contributed by atoms with Crippen molar-refractivity contribution in [2.75, 3.05) is 0 Å². The molecule has 0 aliphatic rings. The number of aryl methyl sites for hydroxylation is 2. The van der Waals surface area contributed by atoms with Gasteiger partial charge < -0.3 is 9.84 Å². The van der Waals surface area contributed by atoms with Gasteiger partial charge in [-0.05, 0) is 37.5 Å². The molecule has 0 aliphatic heterocycles. The molecule has 1 atom stereocenters. The molecule has 5 nitrogen and oxygen atoms in total. The Balaban J connectivity index is 1.48. The highest BCUT2D eigenvalue weighted by Crippen LogP contribution is 2.31. The van der Waals surface area contributed by atoms with E-state index in [0.717, 1.165) is 25.0 Å². The second-order valence-corrected chi connectivity index (χ2v) is 7.08. The predicted molar refractivity (Wildman–Crippen MR) is 105 cm³/mol. The Hall–Kier alpha value is -3.16. The van der Waals surface area contributed by atoms with Crippen LogP contribution in [0.5, 0.6) is 0 Å². The molecule has 1 amide bonds. The van der Waals surface area contributed by atoms with Crippen LogP contribution in [-0.4, -0.2) is 22.1 Å². The first-order valence-electron chi connectivity index (χ1n) is 9.65. The molecule has 2 aromatic carbocycles. The lowest BCUT2D eigenvalue weighted by Crippen LogP contribution is -2.33. The van der Waals surface area contributed by atoms with Gasteiger partial charge >= 0.3 is 6.18 Å². The summed E-state index contributed by atoms with van der Waals surface area (Å²) in [5.74, 6) is 0.122. The number of nitrogens with zero attached hydrogens (tertiary/aromatic N) is 2. The highest BCUT2D eigenvalue weighted by Gasteiger charge is 2.30. The SMILES string of the molecule is C[C@@H](CCc1ccccc1)NC(=O)CCc1nc(-c2cccc(C(F)(F)F)c2)no1. The van der Waals surface area contributed by atoms with E-state index in [9.17, 15) is 18.0 Å². The first-order chi connectivity index (χ1) is 14.3. The van der Waals surface area contributed by atoms with Gasteiger partial charge in [-0.3, -0.25) is 4.79 Å². The van der Waals surface area contributed by atoms with E-state index in [0.29, 0.717) is 0 Å². The second kappa shape index (κ2) is 9.56. The van der Waals surface area contributed by atoms with Crippen molar-refractivity contribution >= 4 is 5.91 Å². The molecule has 158 valence electrons. The number of amides is 1. The summed E-state index contributed by atoms with van der Waals surface area (Å²) in [5.41, 5.74) is 0.639. The van der Waals surface area contributed by atoms with Gasteiger partial charge in [-0.15, -0.1) is 0 Å². The molecular formula is C22H22F3N3O2. The van der Waals surface area contributed by atoms with Crippen molar-refractivity contribution in [3.8, 4) is 11.4 Å². The third-order valence-electron chi connectivity index (χ3n) is 4.60. The minimum Gasteiger partial charge on any atom is -0.354 e. The Kier molecular flexibility index (Phi) is 6.87. The molecule has 0 unspecified atom stereocenters. The predicted octanol–water partition coefficient (Wildman–Crippen LogP) is 4.83. The molecule has 1 N–H and O–H groups in total. The maximum atomic E-state index is 12.8. The lowest BCUT2D eigenvalue weighted by molar-refractivity contribution is -0.137. The number of carbonyl (C=O) groups excluding carboxylic acids is 1. The number of aromatic nitrogens is 2. The number of hydrogen-bond acceptors (Lipinski definition) is 4. The second-order valence-electron chi connectivity index (χ2n) is 7.08. The summed E-state index contributed by atoms with van der Waals surface area (Å²) < 4.78 is 43.6. The van der Waals surface area contributed by atoms with Crippen molar-refractivity contribution in [1.82, 2.24) is 15.5 Å². The smallest absolute Gasteiger partial charge is 0.354 e. The van der Waals surface area contributed by atoms with Crippen LogP contribution in [0.1, 0.15) is 36.8 Å². The zero-order valence-electron chi connectivity index (χ0n) is 16.4. The number of rotatable bonds is 8. The van der Waals surface area contributed by atoms with Crippen molar-refractivity contribution in [2.45, 2.75) is 44.8 Å². The Morgan fingerprint density at radius 1 is 1.10 bits per heavy atom. The van der Waals surface area contributed by atoms with Gasteiger partial charge in [-0.2, -0.15) is 18.2 Å². The lowest BCUT2D eigenvalue weighted by atomic mass is 10.1. The number of benzene rings is 2. The first-order valence-corrected chi connectivity index (χ1v) is 9.65. The van der Waals surface area contributed by atoms with Gasteiger partial charge in [0.15, 0.2) is 0 Å². The Bertz CT molecular complexity index is 971. The number of halogens is 3. The van der Waals surface area contributed by atoms with Crippen LogP contribution in [0.25, 0.3) is 11.4 Å². The van der Waals surface area contributed by atoms with Crippen LogP contribution in [0.3, 0.4) is 0 Å². The Labute approximate surface area is 172 Å². The van der Waals surface area contributed by atoms with E-state index in [1.807, 2.05) is 37.3 Å². The summed E-state index contributed by atoms with van der Waals surface area (Å²) >= 11 is 0. The number of hydrogen-bond donors (Lipinski definition) is 1. The average molecular weight is 417 g/mol. The number of carbonyl (C=O) groups is 1. The summed E-state index contributed by atoms with van der Waals surface area (Å²) in [5, 5.41) is 6.66. The molecule has 8 heteroatoms. The molecule has 3 rings (SSSR count). The third-order valence-corrected chi connectivity index (χ3v) is 4.60. The summed E-state index contributed by atoms with van der Waals surface area (Å²) in [6, 6.07) is 14.8. The van der Waals surface area contributed by atoms with E-state index in [-0.39, 0.29) is 42.1 Å². The number of nitrogens with one attached hydrogen (secondary N) is 1. The van der Waals surface area contributed by atoms with Crippen LogP contribution in [0.15, 0.2) is 59.1 Å². The Morgan fingerprint density at radius 3 is 2.60 bits per heavy atom. The quantitative estimate of drug-likeness (QED) is 0.570. The van der Waals surface area contributed by atoms with Gasteiger partial charge in [-0.25, -0.2) is 0 Å². The van der Waals surface area contributed by atoms with Crippen LogP contribution in [0, 0.1) is 0 Å². The minimum atomic E-state index is -4.45. The van der Waals surface area contributed by atoms with Gasteiger partial charge in [0.2, 0.25) is 17.6 Å². The topological polar surface area (TPSA) is 68.0 Å². The molecule has 30 heavy (non-hydrogen) atoms. The molecule has 0 saturated carbocycles. The molecule has 0 saturated heterocycles. The first kappa shape index (κ1) is 21.5. The molecule has 1 aromatic heterocycles. The molecular weight excluding hydrogens is 395 g/mol. The molecule has 0 radical (unpaired) electrons. The Morgan fingerprint density at radius 2 is 1.87 bits per heavy atom. The summed E-state index contributed by atoms with van der Waals surface area (Å²) in [4.78, 5) is 16.2. The fraction of sp³-hybridized carbons (Fsp3) is 0.318. The van der Waals surface area contributed by atoms with Gasteiger partial charge in [0.1, 0.15) is 0 Å². The maximum absolute atomic E-state index is 12.8. The zero-order chi connectivity index (χ0) is 21.6. The van der Waals surface area contributed by atoms with Crippen molar-refractivity contribution in [3.05, 3.63) is 71.6 Å². The third kappa shape index (κ3) is 6.17. The van der Waals surface area contributed by atoms with Crippen molar-refractivity contribution in [2.24, 2.45) is 0 Å². The standard InChI is InChI=1S/C22H22F3N3O2/c1-15(10-11-16-6-3-2-4-7-16)26-19(29)12-13-20-27-21(28-30-20)17-8-5-9-18(14-17)22(23,24)25/h2-9,14-15H,10-13H2,1H3,(H,26,29)/t15-/m0/s1.